The van der Waals surface area contributed by atoms with E-state index in [2.05, 4.69) is 34.6 Å². The van der Waals surface area contributed by atoms with E-state index in [0.29, 0.717) is 13.2 Å². The normalized spacial score (nSPS) is 11.2. The molecule has 0 radical (unpaired) electrons. The Morgan fingerprint density at radius 1 is 1.10 bits per heavy atom. The quantitative estimate of drug-likeness (QED) is 0.666. The second-order valence-electron chi connectivity index (χ2n) is 4.74. The van der Waals surface area contributed by atoms with Gasteiger partial charge in [-0.25, -0.2) is 0 Å². The predicted octanol–water partition coefficient (Wildman–Crippen LogP) is 2.98. The molecule has 0 atom stereocenters. The van der Waals surface area contributed by atoms with Crippen molar-refractivity contribution in [2.45, 2.75) is 39.5 Å². The summed E-state index contributed by atoms with van der Waals surface area (Å²) < 4.78 is 12.9. The van der Waals surface area contributed by atoms with Crippen LogP contribution < -0.4 is 0 Å². The number of hydrogen-bond donors (Lipinski definition) is 0. The number of benzene rings is 1. The summed E-state index contributed by atoms with van der Waals surface area (Å²) in [5.41, 5.74) is 2.08. The second kappa shape index (κ2) is 8.54. The molecule has 1 heterocycles. The molecule has 0 aliphatic carbocycles. The lowest BCUT2D eigenvalue weighted by atomic mass is 10.1. The maximum absolute atomic E-state index is 5.52. The third kappa shape index (κ3) is 4.95. The molecular formula is C16H23N3O2. The van der Waals surface area contributed by atoms with Gasteiger partial charge in [0.1, 0.15) is 5.69 Å². The van der Waals surface area contributed by atoms with Gasteiger partial charge in [-0.05, 0) is 32.3 Å². The summed E-state index contributed by atoms with van der Waals surface area (Å²) in [5.74, 6) is 0. The minimum atomic E-state index is -0.414. The van der Waals surface area contributed by atoms with Crippen LogP contribution in [0.5, 0.6) is 0 Å². The van der Waals surface area contributed by atoms with Crippen molar-refractivity contribution >= 4 is 0 Å². The molecule has 5 nitrogen and oxygen atoms in total. The highest BCUT2D eigenvalue weighted by Crippen LogP contribution is 2.16. The third-order valence-electron chi connectivity index (χ3n) is 3.13. The zero-order valence-electron chi connectivity index (χ0n) is 12.7. The Morgan fingerprint density at radius 3 is 2.48 bits per heavy atom. The molecule has 0 bridgehead atoms. The topological polar surface area (TPSA) is 49.2 Å². The summed E-state index contributed by atoms with van der Waals surface area (Å²) in [6.07, 6.45) is 3.56. The van der Waals surface area contributed by atoms with Crippen molar-refractivity contribution in [1.82, 2.24) is 15.0 Å². The molecule has 0 amide bonds. The number of nitrogens with zero attached hydrogens (tertiary/aromatic N) is 3. The molecule has 0 aliphatic rings. The average molecular weight is 289 g/mol. The smallest absolute Gasteiger partial charge is 0.204 e. The SMILES string of the molecule is CCOC(OCC)c1cn(CCCc2ccccc2)nn1. The second-order valence-corrected chi connectivity index (χ2v) is 4.74. The molecule has 0 fully saturated rings. The summed E-state index contributed by atoms with van der Waals surface area (Å²) in [7, 11) is 0. The van der Waals surface area contributed by atoms with Crippen molar-refractivity contribution < 1.29 is 9.47 Å². The van der Waals surface area contributed by atoms with Gasteiger partial charge in [-0.3, -0.25) is 4.68 Å². The zero-order chi connectivity index (χ0) is 14.9. The van der Waals surface area contributed by atoms with Crippen molar-refractivity contribution in [2.75, 3.05) is 13.2 Å². The Balaban J connectivity index is 1.84. The molecule has 0 spiro atoms. The van der Waals surface area contributed by atoms with Crippen molar-refractivity contribution in [3.8, 4) is 0 Å². The van der Waals surface area contributed by atoms with E-state index in [4.69, 9.17) is 9.47 Å². The first kappa shape index (κ1) is 15.7. The minimum Gasteiger partial charge on any atom is -0.347 e. The van der Waals surface area contributed by atoms with Crippen LogP contribution in [0.4, 0.5) is 0 Å². The van der Waals surface area contributed by atoms with Gasteiger partial charge in [-0.1, -0.05) is 35.5 Å². The van der Waals surface area contributed by atoms with E-state index in [1.54, 1.807) is 0 Å². The van der Waals surface area contributed by atoms with Gasteiger partial charge in [0.15, 0.2) is 0 Å². The third-order valence-corrected chi connectivity index (χ3v) is 3.13. The highest BCUT2D eigenvalue weighted by Gasteiger charge is 2.15. The monoisotopic (exact) mass is 289 g/mol. The average Bonchev–Trinajstić information content (AvgIpc) is 2.97. The van der Waals surface area contributed by atoms with Crippen molar-refractivity contribution in [3.63, 3.8) is 0 Å². The van der Waals surface area contributed by atoms with Crippen molar-refractivity contribution in [1.29, 1.82) is 0 Å². The number of ether oxygens (including phenoxy) is 2. The van der Waals surface area contributed by atoms with Gasteiger partial charge in [-0.2, -0.15) is 0 Å². The van der Waals surface area contributed by atoms with Crippen LogP contribution in [0.2, 0.25) is 0 Å². The molecule has 1 aromatic heterocycles. The minimum absolute atomic E-state index is 0.414. The fourth-order valence-corrected chi connectivity index (χ4v) is 2.14. The molecule has 2 rings (SSSR count). The lowest BCUT2D eigenvalue weighted by molar-refractivity contribution is -0.142. The first-order chi connectivity index (χ1) is 10.3. The van der Waals surface area contributed by atoms with Crippen LogP contribution in [0.25, 0.3) is 0 Å². The molecule has 2 aromatic rings. The van der Waals surface area contributed by atoms with Crippen LogP contribution in [0.15, 0.2) is 36.5 Å². The lowest BCUT2D eigenvalue weighted by Crippen LogP contribution is -2.09. The molecular weight excluding hydrogens is 266 g/mol. The molecule has 0 saturated carbocycles. The van der Waals surface area contributed by atoms with E-state index in [0.717, 1.165) is 25.1 Å². The Kier molecular flexibility index (Phi) is 6.37. The standard InChI is InChI=1S/C16H23N3O2/c1-3-20-16(21-4-2)15-13-19(18-17-15)12-8-11-14-9-6-5-7-10-14/h5-7,9-10,13,16H,3-4,8,11-12H2,1-2H3. The largest absolute Gasteiger partial charge is 0.347 e. The van der Waals surface area contributed by atoms with Crippen LogP contribution >= 0.6 is 0 Å². The Hall–Kier alpha value is -1.72. The van der Waals surface area contributed by atoms with Gasteiger partial charge < -0.3 is 9.47 Å². The number of aromatic nitrogens is 3. The van der Waals surface area contributed by atoms with E-state index in [-0.39, 0.29) is 0 Å². The zero-order valence-corrected chi connectivity index (χ0v) is 12.7. The van der Waals surface area contributed by atoms with Crippen molar-refractivity contribution in [3.05, 3.63) is 47.8 Å². The van der Waals surface area contributed by atoms with Crippen LogP contribution in [-0.4, -0.2) is 28.2 Å². The van der Waals surface area contributed by atoms with Crippen LogP contribution in [0, 0.1) is 0 Å². The molecule has 1 aromatic carbocycles. The molecule has 0 saturated heterocycles. The molecule has 0 aliphatic heterocycles. The maximum Gasteiger partial charge on any atom is 0.204 e. The van der Waals surface area contributed by atoms with E-state index >= 15 is 0 Å². The van der Waals surface area contributed by atoms with Gasteiger partial charge in [0.25, 0.3) is 0 Å². The van der Waals surface area contributed by atoms with E-state index in [1.807, 2.05) is 30.8 Å². The summed E-state index contributed by atoms with van der Waals surface area (Å²) in [5, 5.41) is 8.28. The van der Waals surface area contributed by atoms with Gasteiger partial charge >= 0.3 is 0 Å². The molecule has 5 heteroatoms. The predicted molar refractivity (Wildman–Crippen MR) is 80.8 cm³/mol. The number of aryl methyl sites for hydroxylation is 2. The molecule has 21 heavy (non-hydrogen) atoms. The summed E-state index contributed by atoms with van der Waals surface area (Å²) >= 11 is 0. The van der Waals surface area contributed by atoms with E-state index in [9.17, 15) is 0 Å². The number of rotatable bonds is 9. The van der Waals surface area contributed by atoms with E-state index < -0.39 is 6.29 Å². The summed E-state index contributed by atoms with van der Waals surface area (Å²) in [6.45, 7) is 5.90. The highest BCUT2D eigenvalue weighted by atomic mass is 16.7. The van der Waals surface area contributed by atoms with E-state index in [1.165, 1.54) is 5.56 Å². The molecule has 114 valence electrons. The molecule has 0 unspecified atom stereocenters. The Labute approximate surface area is 125 Å². The van der Waals surface area contributed by atoms with Gasteiger partial charge in [0, 0.05) is 19.8 Å². The Morgan fingerprint density at radius 2 is 1.81 bits per heavy atom. The Bertz CT molecular complexity index is 507. The summed E-state index contributed by atoms with van der Waals surface area (Å²) in [6, 6.07) is 10.5. The maximum atomic E-state index is 5.52. The lowest BCUT2D eigenvalue weighted by Gasteiger charge is -2.13. The first-order valence-corrected chi connectivity index (χ1v) is 7.50. The fraction of sp³-hybridized carbons (Fsp3) is 0.500. The van der Waals surface area contributed by atoms with Crippen LogP contribution in [-0.2, 0) is 22.4 Å². The van der Waals surface area contributed by atoms with Gasteiger partial charge in [0.2, 0.25) is 6.29 Å². The highest BCUT2D eigenvalue weighted by molar-refractivity contribution is 5.14. The van der Waals surface area contributed by atoms with Crippen LogP contribution in [0.1, 0.15) is 37.8 Å². The molecule has 0 N–H and O–H groups in total. The van der Waals surface area contributed by atoms with Gasteiger partial charge in [-0.15, -0.1) is 5.10 Å². The van der Waals surface area contributed by atoms with Gasteiger partial charge in [0.05, 0.1) is 6.20 Å². The van der Waals surface area contributed by atoms with Crippen LogP contribution in [0.3, 0.4) is 0 Å². The number of hydrogen-bond acceptors (Lipinski definition) is 4. The fourth-order valence-electron chi connectivity index (χ4n) is 2.14. The summed E-state index contributed by atoms with van der Waals surface area (Å²) in [4.78, 5) is 0. The first-order valence-electron chi connectivity index (χ1n) is 7.50. The van der Waals surface area contributed by atoms with Crippen molar-refractivity contribution in [2.24, 2.45) is 0 Å².